The summed E-state index contributed by atoms with van der Waals surface area (Å²) in [5, 5.41) is 8.91. The van der Waals surface area contributed by atoms with Crippen LogP contribution in [0.15, 0.2) is 30.3 Å². The second-order valence-corrected chi connectivity index (χ2v) is 7.36. The van der Waals surface area contributed by atoms with E-state index in [4.69, 9.17) is 0 Å². The monoisotopic (exact) mass is 353 g/mol. The van der Waals surface area contributed by atoms with E-state index in [1.807, 2.05) is 4.90 Å². The summed E-state index contributed by atoms with van der Waals surface area (Å²) in [6.07, 6.45) is 4.33. The van der Waals surface area contributed by atoms with Crippen molar-refractivity contribution in [2.45, 2.75) is 51.7 Å². The van der Waals surface area contributed by atoms with E-state index >= 15 is 0 Å². The Bertz CT molecular complexity index is 757. The van der Waals surface area contributed by atoms with Gasteiger partial charge in [0.15, 0.2) is 5.82 Å². The average molecular weight is 353 g/mol. The van der Waals surface area contributed by atoms with Crippen LogP contribution in [0.2, 0.25) is 0 Å². The quantitative estimate of drug-likeness (QED) is 0.828. The minimum atomic E-state index is 0.110. The largest absolute Gasteiger partial charge is 0.333 e. The zero-order valence-electron chi connectivity index (χ0n) is 15.5. The van der Waals surface area contributed by atoms with Crippen LogP contribution in [0.3, 0.4) is 0 Å². The lowest BCUT2D eigenvalue weighted by molar-refractivity contribution is -0.129. The van der Waals surface area contributed by atoms with E-state index in [2.05, 4.69) is 50.0 Å². The van der Waals surface area contributed by atoms with Crippen molar-refractivity contribution < 1.29 is 4.79 Å². The number of aromatic nitrogens is 3. The van der Waals surface area contributed by atoms with E-state index in [9.17, 15) is 4.79 Å². The molecule has 6 nitrogen and oxygen atoms in total. The average Bonchev–Trinajstić information content (AvgIpc) is 3.29. The Morgan fingerprint density at radius 3 is 2.81 bits per heavy atom. The number of benzene rings is 1. The number of nitrogens with zero attached hydrogens (tertiary/aromatic N) is 5. The first-order chi connectivity index (χ1) is 12.7. The molecule has 4 rings (SSSR count). The van der Waals surface area contributed by atoms with Gasteiger partial charge in [-0.1, -0.05) is 30.3 Å². The maximum atomic E-state index is 11.9. The van der Waals surface area contributed by atoms with Gasteiger partial charge in [-0.3, -0.25) is 9.69 Å². The number of amides is 1. The highest BCUT2D eigenvalue weighted by atomic mass is 16.2. The summed E-state index contributed by atoms with van der Waals surface area (Å²) in [6, 6.07) is 10.8. The van der Waals surface area contributed by atoms with Gasteiger partial charge in [-0.15, -0.1) is 10.2 Å². The molecule has 1 saturated heterocycles. The van der Waals surface area contributed by atoms with Crippen molar-refractivity contribution in [2.75, 3.05) is 19.6 Å². The van der Waals surface area contributed by atoms with Gasteiger partial charge < -0.3 is 9.47 Å². The van der Waals surface area contributed by atoms with Gasteiger partial charge in [0.2, 0.25) is 5.91 Å². The number of aryl methyl sites for hydroxylation is 1. The molecule has 0 aliphatic carbocycles. The topological polar surface area (TPSA) is 54.3 Å². The van der Waals surface area contributed by atoms with Crippen LogP contribution in [0.5, 0.6) is 0 Å². The Balaban J connectivity index is 1.36. The highest BCUT2D eigenvalue weighted by Gasteiger charge is 2.33. The van der Waals surface area contributed by atoms with E-state index in [0.717, 1.165) is 70.1 Å². The third kappa shape index (κ3) is 3.51. The van der Waals surface area contributed by atoms with Crippen LogP contribution in [0.4, 0.5) is 0 Å². The number of fused-ring (bicyclic) bond motifs is 1. The van der Waals surface area contributed by atoms with Crippen LogP contribution < -0.4 is 0 Å². The van der Waals surface area contributed by atoms with E-state index in [1.54, 1.807) is 6.92 Å². The number of rotatable bonds is 5. The standard InChI is InChI=1S/C20H27N5O/c1-16(26)24-12-6-10-18(24)20-22-21-19-15-23(13-14-25(19)20)11-5-9-17-7-3-2-4-8-17/h2-4,7-8,18H,5-6,9-15H2,1H3. The van der Waals surface area contributed by atoms with E-state index in [-0.39, 0.29) is 11.9 Å². The predicted octanol–water partition coefficient (Wildman–Crippen LogP) is 2.41. The summed E-state index contributed by atoms with van der Waals surface area (Å²) in [6.45, 7) is 6.38. The SMILES string of the molecule is CC(=O)N1CCCC1c1nnc2n1CCN(CCCc1ccccc1)C2. The number of carbonyl (C=O) groups is 1. The Hall–Kier alpha value is -2.21. The Morgan fingerprint density at radius 2 is 2.00 bits per heavy atom. The molecule has 6 heteroatoms. The van der Waals surface area contributed by atoms with Crippen molar-refractivity contribution in [3.05, 3.63) is 47.5 Å². The van der Waals surface area contributed by atoms with Gasteiger partial charge in [0, 0.05) is 26.6 Å². The molecule has 3 heterocycles. The molecule has 26 heavy (non-hydrogen) atoms. The molecule has 138 valence electrons. The Labute approximate surface area is 154 Å². The first-order valence-corrected chi connectivity index (χ1v) is 9.68. The summed E-state index contributed by atoms with van der Waals surface area (Å²) in [7, 11) is 0. The van der Waals surface area contributed by atoms with Gasteiger partial charge in [-0.25, -0.2) is 0 Å². The molecule has 1 fully saturated rings. The Kier molecular flexibility index (Phi) is 5.02. The normalized spacial score (nSPS) is 20.3. The second-order valence-electron chi connectivity index (χ2n) is 7.36. The van der Waals surface area contributed by atoms with Crippen molar-refractivity contribution in [2.24, 2.45) is 0 Å². The molecule has 1 aromatic heterocycles. The minimum absolute atomic E-state index is 0.110. The van der Waals surface area contributed by atoms with Crippen LogP contribution in [0, 0.1) is 0 Å². The third-order valence-corrected chi connectivity index (χ3v) is 5.60. The molecule has 1 unspecified atom stereocenters. The van der Waals surface area contributed by atoms with Crippen LogP contribution in [0.1, 0.15) is 49.4 Å². The summed E-state index contributed by atoms with van der Waals surface area (Å²) in [5.74, 6) is 2.17. The first-order valence-electron chi connectivity index (χ1n) is 9.68. The molecule has 2 aliphatic rings. The van der Waals surface area contributed by atoms with E-state index in [0.29, 0.717) is 0 Å². The van der Waals surface area contributed by atoms with Gasteiger partial charge in [0.25, 0.3) is 0 Å². The molecule has 2 aromatic rings. The minimum Gasteiger partial charge on any atom is -0.333 e. The second kappa shape index (κ2) is 7.58. The molecule has 0 radical (unpaired) electrons. The number of hydrogen-bond acceptors (Lipinski definition) is 4. The van der Waals surface area contributed by atoms with Crippen molar-refractivity contribution in [3.63, 3.8) is 0 Å². The molecule has 0 N–H and O–H groups in total. The fourth-order valence-electron chi connectivity index (χ4n) is 4.23. The van der Waals surface area contributed by atoms with Crippen LogP contribution >= 0.6 is 0 Å². The zero-order valence-corrected chi connectivity index (χ0v) is 15.5. The lowest BCUT2D eigenvalue weighted by Gasteiger charge is -2.29. The molecule has 0 saturated carbocycles. The molecule has 1 atom stereocenters. The summed E-state index contributed by atoms with van der Waals surface area (Å²) in [4.78, 5) is 16.3. The van der Waals surface area contributed by atoms with Gasteiger partial charge >= 0.3 is 0 Å². The third-order valence-electron chi connectivity index (χ3n) is 5.60. The van der Waals surface area contributed by atoms with Crippen LogP contribution in [0.25, 0.3) is 0 Å². The van der Waals surface area contributed by atoms with Gasteiger partial charge in [0.05, 0.1) is 12.6 Å². The van der Waals surface area contributed by atoms with Gasteiger partial charge in [-0.05, 0) is 37.8 Å². The lowest BCUT2D eigenvalue weighted by Crippen LogP contribution is -2.36. The Morgan fingerprint density at radius 1 is 1.15 bits per heavy atom. The van der Waals surface area contributed by atoms with Crippen LogP contribution in [-0.2, 0) is 24.3 Å². The molecule has 1 aromatic carbocycles. The molecule has 0 bridgehead atoms. The summed E-state index contributed by atoms with van der Waals surface area (Å²) >= 11 is 0. The predicted molar refractivity (Wildman–Crippen MR) is 99.4 cm³/mol. The van der Waals surface area contributed by atoms with Crippen molar-refractivity contribution in [3.8, 4) is 0 Å². The molecular weight excluding hydrogens is 326 g/mol. The maximum Gasteiger partial charge on any atom is 0.220 e. The van der Waals surface area contributed by atoms with Crippen molar-refractivity contribution in [1.82, 2.24) is 24.6 Å². The zero-order chi connectivity index (χ0) is 17.9. The summed E-state index contributed by atoms with van der Waals surface area (Å²) in [5.41, 5.74) is 1.40. The number of likely N-dealkylation sites (tertiary alicyclic amines) is 1. The molecule has 1 amide bonds. The van der Waals surface area contributed by atoms with E-state index < -0.39 is 0 Å². The molecule has 2 aliphatic heterocycles. The highest BCUT2D eigenvalue weighted by molar-refractivity contribution is 5.74. The van der Waals surface area contributed by atoms with E-state index in [1.165, 1.54) is 5.56 Å². The fraction of sp³-hybridized carbons (Fsp3) is 0.550. The van der Waals surface area contributed by atoms with Gasteiger partial charge in [0.1, 0.15) is 5.82 Å². The van der Waals surface area contributed by atoms with Gasteiger partial charge in [-0.2, -0.15) is 0 Å². The fourth-order valence-corrected chi connectivity index (χ4v) is 4.23. The highest BCUT2D eigenvalue weighted by Crippen LogP contribution is 2.32. The lowest BCUT2D eigenvalue weighted by atomic mass is 10.1. The summed E-state index contributed by atoms with van der Waals surface area (Å²) < 4.78 is 2.25. The van der Waals surface area contributed by atoms with Crippen molar-refractivity contribution >= 4 is 5.91 Å². The molecule has 0 spiro atoms. The smallest absolute Gasteiger partial charge is 0.220 e. The number of hydrogen-bond donors (Lipinski definition) is 0. The van der Waals surface area contributed by atoms with Crippen molar-refractivity contribution in [1.29, 1.82) is 0 Å². The maximum absolute atomic E-state index is 11.9. The number of carbonyl (C=O) groups excluding carboxylic acids is 1. The van der Waals surface area contributed by atoms with Crippen LogP contribution in [-0.4, -0.2) is 50.1 Å². The first kappa shape index (κ1) is 17.2. The molecular formula is C20H27N5O.